The van der Waals surface area contributed by atoms with Gasteiger partial charge in [-0.1, -0.05) is 0 Å². The van der Waals surface area contributed by atoms with Crippen molar-refractivity contribution in [2.45, 2.75) is 25.3 Å². The van der Waals surface area contributed by atoms with Crippen LogP contribution in [-0.2, 0) is 5.54 Å². The Balaban J connectivity index is 2.52. The Kier molecular flexibility index (Phi) is 1.60. The van der Waals surface area contributed by atoms with Gasteiger partial charge in [-0.05, 0) is 37.5 Å². The molecule has 1 aliphatic carbocycles. The Morgan fingerprint density at radius 2 is 2.00 bits per heavy atom. The predicted molar refractivity (Wildman–Crippen MR) is 50.6 cm³/mol. The molecule has 13 heavy (non-hydrogen) atoms. The summed E-state index contributed by atoms with van der Waals surface area (Å²) in [4.78, 5) is 0. The van der Waals surface area contributed by atoms with Crippen LogP contribution >= 0.6 is 0 Å². The van der Waals surface area contributed by atoms with E-state index in [2.05, 4.69) is 0 Å². The zero-order valence-corrected chi connectivity index (χ0v) is 7.60. The lowest BCUT2D eigenvalue weighted by Gasteiger charge is -2.12. The Morgan fingerprint density at radius 3 is 2.54 bits per heavy atom. The second-order valence-corrected chi connectivity index (χ2v) is 3.84. The van der Waals surface area contributed by atoms with Gasteiger partial charge in [-0.25, -0.2) is 4.39 Å². The maximum atomic E-state index is 13.4. The highest BCUT2D eigenvalue weighted by Crippen LogP contribution is 2.44. The molecule has 0 spiro atoms. The van der Waals surface area contributed by atoms with E-state index in [-0.39, 0.29) is 5.82 Å². The highest BCUT2D eigenvalue weighted by Gasteiger charge is 2.42. The van der Waals surface area contributed by atoms with Crippen LogP contribution < -0.4 is 11.5 Å². The summed E-state index contributed by atoms with van der Waals surface area (Å²) in [6, 6.07) is 3.12. The van der Waals surface area contributed by atoms with Crippen LogP contribution in [0.2, 0.25) is 0 Å². The Morgan fingerprint density at radius 1 is 1.38 bits per heavy atom. The smallest absolute Gasteiger partial charge is 0.130 e. The molecule has 2 rings (SSSR count). The third-order valence-corrected chi connectivity index (χ3v) is 2.68. The first-order chi connectivity index (χ1) is 6.03. The van der Waals surface area contributed by atoms with Crippen LogP contribution in [0, 0.1) is 12.7 Å². The minimum Gasteiger partial charge on any atom is -0.398 e. The van der Waals surface area contributed by atoms with Gasteiger partial charge < -0.3 is 11.5 Å². The van der Waals surface area contributed by atoms with Crippen LogP contribution in [0.1, 0.15) is 24.0 Å². The van der Waals surface area contributed by atoms with Gasteiger partial charge in [-0.15, -0.1) is 0 Å². The quantitative estimate of drug-likeness (QED) is 0.646. The summed E-state index contributed by atoms with van der Waals surface area (Å²) >= 11 is 0. The van der Waals surface area contributed by atoms with Crippen molar-refractivity contribution in [3.8, 4) is 0 Å². The third kappa shape index (κ3) is 1.29. The fraction of sp³-hybridized carbons (Fsp3) is 0.400. The molecule has 1 fully saturated rings. The highest BCUT2D eigenvalue weighted by atomic mass is 19.1. The van der Waals surface area contributed by atoms with Gasteiger partial charge in [0.15, 0.2) is 0 Å². The van der Waals surface area contributed by atoms with Gasteiger partial charge in [0.1, 0.15) is 5.82 Å². The van der Waals surface area contributed by atoms with Crippen LogP contribution in [0.15, 0.2) is 12.1 Å². The van der Waals surface area contributed by atoms with Crippen molar-refractivity contribution >= 4 is 5.69 Å². The minimum atomic E-state index is -0.414. The predicted octanol–water partition coefficient (Wildman–Crippen LogP) is 1.66. The molecule has 2 nitrogen and oxygen atoms in total. The van der Waals surface area contributed by atoms with Crippen LogP contribution in [-0.4, -0.2) is 0 Å². The maximum Gasteiger partial charge on any atom is 0.130 e. The molecule has 1 aromatic carbocycles. The molecule has 1 aliphatic rings. The second kappa shape index (κ2) is 2.45. The molecule has 1 saturated carbocycles. The SMILES string of the molecule is Cc1cc(C2(N)CC2)c(F)cc1N. The highest BCUT2D eigenvalue weighted by molar-refractivity contribution is 5.50. The van der Waals surface area contributed by atoms with Gasteiger partial charge >= 0.3 is 0 Å². The molecule has 0 radical (unpaired) electrons. The summed E-state index contributed by atoms with van der Waals surface area (Å²) in [6.45, 7) is 1.87. The molecule has 3 heteroatoms. The standard InChI is InChI=1S/C10H13FN2/c1-6-4-7(10(13)2-3-10)8(11)5-9(6)12/h4-5H,2-3,12-13H2,1H3. The maximum absolute atomic E-state index is 13.4. The lowest BCUT2D eigenvalue weighted by molar-refractivity contribution is 0.578. The Bertz CT molecular complexity index is 356. The zero-order valence-electron chi connectivity index (χ0n) is 7.60. The van der Waals surface area contributed by atoms with Crippen molar-refractivity contribution in [3.63, 3.8) is 0 Å². The summed E-state index contributed by atoms with van der Waals surface area (Å²) in [5.74, 6) is -0.275. The molecule has 0 heterocycles. The Labute approximate surface area is 76.7 Å². The fourth-order valence-electron chi connectivity index (χ4n) is 1.48. The average molecular weight is 180 g/mol. The number of nitrogens with two attached hydrogens (primary N) is 2. The van der Waals surface area contributed by atoms with Crippen molar-refractivity contribution in [3.05, 3.63) is 29.1 Å². The molecular formula is C10H13FN2. The first kappa shape index (κ1) is 8.51. The summed E-state index contributed by atoms with van der Waals surface area (Å²) in [6.07, 6.45) is 1.74. The summed E-state index contributed by atoms with van der Waals surface area (Å²) < 4.78 is 13.4. The zero-order chi connectivity index (χ0) is 9.64. The van der Waals surface area contributed by atoms with E-state index >= 15 is 0 Å². The molecular weight excluding hydrogens is 167 g/mol. The normalized spacial score (nSPS) is 18.7. The number of hydrogen-bond acceptors (Lipinski definition) is 2. The van der Waals surface area contributed by atoms with E-state index in [1.165, 1.54) is 6.07 Å². The topological polar surface area (TPSA) is 52.0 Å². The number of benzene rings is 1. The monoisotopic (exact) mass is 180 g/mol. The largest absolute Gasteiger partial charge is 0.398 e. The number of nitrogen functional groups attached to an aromatic ring is 1. The third-order valence-electron chi connectivity index (χ3n) is 2.68. The van der Waals surface area contributed by atoms with E-state index in [1.807, 2.05) is 6.92 Å². The number of hydrogen-bond donors (Lipinski definition) is 2. The van der Waals surface area contributed by atoms with E-state index in [9.17, 15) is 4.39 Å². The first-order valence-corrected chi connectivity index (χ1v) is 4.38. The first-order valence-electron chi connectivity index (χ1n) is 4.38. The van der Waals surface area contributed by atoms with Gasteiger partial charge in [-0.3, -0.25) is 0 Å². The molecule has 1 aromatic rings. The molecule has 0 aliphatic heterocycles. The van der Waals surface area contributed by atoms with Crippen molar-refractivity contribution in [1.82, 2.24) is 0 Å². The molecule has 0 unspecified atom stereocenters. The number of aryl methyl sites for hydroxylation is 1. The van der Waals surface area contributed by atoms with Crippen molar-refractivity contribution in [2.24, 2.45) is 5.73 Å². The summed E-state index contributed by atoms with van der Waals surface area (Å²) in [5.41, 5.74) is 13.1. The van der Waals surface area contributed by atoms with Crippen LogP contribution in [0.4, 0.5) is 10.1 Å². The molecule has 4 N–H and O–H groups in total. The Hall–Kier alpha value is -1.09. The van der Waals surface area contributed by atoms with Gasteiger partial charge in [0, 0.05) is 16.8 Å². The molecule has 0 saturated heterocycles. The number of anilines is 1. The number of halogens is 1. The van der Waals surface area contributed by atoms with E-state index in [4.69, 9.17) is 11.5 Å². The number of rotatable bonds is 1. The lowest BCUT2D eigenvalue weighted by atomic mass is 10.0. The van der Waals surface area contributed by atoms with E-state index in [1.54, 1.807) is 6.07 Å². The van der Waals surface area contributed by atoms with E-state index in [0.717, 1.165) is 18.4 Å². The van der Waals surface area contributed by atoms with E-state index in [0.29, 0.717) is 11.3 Å². The molecule has 0 atom stereocenters. The molecule has 0 bridgehead atoms. The van der Waals surface area contributed by atoms with Crippen LogP contribution in [0.5, 0.6) is 0 Å². The average Bonchev–Trinajstić information content (AvgIpc) is 2.77. The van der Waals surface area contributed by atoms with Gasteiger partial charge in [0.05, 0.1) is 0 Å². The second-order valence-electron chi connectivity index (χ2n) is 3.84. The summed E-state index contributed by atoms with van der Waals surface area (Å²) in [7, 11) is 0. The van der Waals surface area contributed by atoms with Crippen molar-refractivity contribution in [1.29, 1.82) is 0 Å². The minimum absolute atomic E-state index is 0.275. The van der Waals surface area contributed by atoms with Gasteiger partial charge in [0.2, 0.25) is 0 Å². The lowest BCUT2D eigenvalue weighted by Crippen LogP contribution is -2.20. The van der Waals surface area contributed by atoms with Crippen LogP contribution in [0.25, 0.3) is 0 Å². The van der Waals surface area contributed by atoms with Gasteiger partial charge in [0.25, 0.3) is 0 Å². The molecule has 0 aromatic heterocycles. The van der Waals surface area contributed by atoms with Crippen molar-refractivity contribution < 1.29 is 4.39 Å². The van der Waals surface area contributed by atoms with Gasteiger partial charge in [-0.2, -0.15) is 0 Å². The van der Waals surface area contributed by atoms with Crippen molar-refractivity contribution in [2.75, 3.05) is 5.73 Å². The molecule has 70 valence electrons. The fourth-order valence-corrected chi connectivity index (χ4v) is 1.48. The molecule has 0 amide bonds. The van der Waals surface area contributed by atoms with Crippen LogP contribution in [0.3, 0.4) is 0 Å². The summed E-state index contributed by atoms with van der Waals surface area (Å²) in [5, 5.41) is 0. The van der Waals surface area contributed by atoms with E-state index < -0.39 is 5.54 Å².